The van der Waals surface area contributed by atoms with Crippen LogP contribution in [0.1, 0.15) is 24.5 Å². The van der Waals surface area contributed by atoms with Gasteiger partial charge in [-0.3, -0.25) is 20.1 Å². The maximum absolute atomic E-state index is 11.6. The highest BCUT2D eigenvalue weighted by Crippen LogP contribution is 2.40. The molecule has 3 aromatic heterocycles. The van der Waals surface area contributed by atoms with Gasteiger partial charge in [0.15, 0.2) is 23.1 Å². The van der Waals surface area contributed by atoms with Gasteiger partial charge in [-0.1, -0.05) is 0 Å². The molecule has 1 aromatic carbocycles. The number of hydrogen-bond acceptors (Lipinski definition) is 8. The molecule has 1 aliphatic carbocycles. The third-order valence-electron chi connectivity index (χ3n) is 4.61. The minimum Gasteiger partial charge on any atom is -0.338 e. The molecule has 0 unspecified atom stereocenters. The van der Waals surface area contributed by atoms with E-state index in [0.29, 0.717) is 28.3 Å². The van der Waals surface area contributed by atoms with Crippen molar-refractivity contribution < 1.29 is 0 Å². The van der Waals surface area contributed by atoms with Gasteiger partial charge in [-0.15, -0.1) is 4.91 Å². The van der Waals surface area contributed by atoms with E-state index >= 15 is 0 Å². The third-order valence-corrected chi connectivity index (χ3v) is 4.61. The van der Waals surface area contributed by atoms with Crippen LogP contribution in [0.25, 0.3) is 10.9 Å². The van der Waals surface area contributed by atoms with Crippen LogP contribution in [0.5, 0.6) is 0 Å². The molecule has 3 heterocycles. The fraction of sp³-hybridized carbons (Fsp3) is 0.176. The molecule has 0 atom stereocenters. The number of H-pyrrole nitrogens is 3. The smallest absolute Gasteiger partial charge is 0.271 e. The van der Waals surface area contributed by atoms with Gasteiger partial charge < -0.3 is 10.6 Å². The van der Waals surface area contributed by atoms with E-state index in [1.165, 1.54) is 6.33 Å². The van der Waals surface area contributed by atoms with Crippen LogP contribution in [0.2, 0.25) is 0 Å². The van der Waals surface area contributed by atoms with E-state index in [2.05, 4.69) is 46.2 Å². The van der Waals surface area contributed by atoms with Gasteiger partial charge in [0, 0.05) is 23.4 Å². The zero-order valence-electron chi connectivity index (χ0n) is 14.5. The number of hydrogen-bond donors (Lipinski definition) is 5. The Hall–Kier alpha value is -4.02. The largest absolute Gasteiger partial charge is 0.338 e. The number of aromatic nitrogens is 6. The van der Waals surface area contributed by atoms with Crippen LogP contribution < -0.4 is 16.2 Å². The van der Waals surface area contributed by atoms with Crippen LogP contribution in [0.4, 0.5) is 28.8 Å². The summed E-state index contributed by atoms with van der Waals surface area (Å²) >= 11 is 0. The Labute approximate surface area is 157 Å². The quantitative estimate of drug-likeness (QED) is 0.323. The van der Waals surface area contributed by atoms with Crippen molar-refractivity contribution in [1.82, 2.24) is 30.4 Å². The highest BCUT2D eigenvalue weighted by molar-refractivity contribution is 5.84. The van der Waals surface area contributed by atoms with E-state index in [9.17, 15) is 9.70 Å². The minimum absolute atomic E-state index is 0.0288. The second-order valence-electron chi connectivity index (χ2n) is 6.58. The number of anilines is 4. The summed E-state index contributed by atoms with van der Waals surface area (Å²) in [6.07, 6.45) is 3.63. The van der Waals surface area contributed by atoms with Crippen LogP contribution in [0, 0.1) is 4.91 Å². The highest BCUT2D eigenvalue weighted by atomic mass is 16.3. The molecule has 0 radical (unpaired) electrons. The summed E-state index contributed by atoms with van der Waals surface area (Å²) < 4.78 is 0. The molecule has 4 aromatic rings. The van der Waals surface area contributed by atoms with E-state index in [4.69, 9.17) is 0 Å². The van der Waals surface area contributed by atoms with Gasteiger partial charge in [0.2, 0.25) is 0 Å². The van der Waals surface area contributed by atoms with Crippen LogP contribution >= 0.6 is 0 Å². The maximum Gasteiger partial charge on any atom is 0.271 e. The van der Waals surface area contributed by atoms with Gasteiger partial charge in [-0.25, -0.2) is 9.97 Å². The molecule has 0 spiro atoms. The van der Waals surface area contributed by atoms with Crippen molar-refractivity contribution in [2.75, 3.05) is 10.6 Å². The molecule has 0 bridgehead atoms. The number of aromatic amines is 3. The number of rotatable bonds is 6. The first-order valence-electron chi connectivity index (χ1n) is 8.69. The lowest BCUT2D eigenvalue weighted by molar-refractivity contribution is 0.966. The van der Waals surface area contributed by atoms with Crippen LogP contribution in [0.3, 0.4) is 0 Å². The number of fused-ring (bicyclic) bond motifs is 1. The fourth-order valence-electron chi connectivity index (χ4n) is 3.03. The van der Waals surface area contributed by atoms with Gasteiger partial charge in [0.05, 0.1) is 10.9 Å². The first kappa shape index (κ1) is 16.2. The Morgan fingerprint density at radius 1 is 1.07 bits per heavy atom. The van der Waals surface area contributed by atoms with Crippen LogP contribution in [-0.2, 0) is 0 Å². The summed E-state index contributed by atoms with van der Waals surface area (Å²) in [7, 11) is 0. The standard InChI is InChI=1S/C17H15N9O2/c27-17-10-4-3-9(5-12(10)23-25-17)20-15-14(26-28)16(19-7-18-15)21-13-6-11(22-24-13)8-1-2-8/h3-8H,1-2H2,(H2,23,25,27)(H3,18,19,20,21,22,24). The molecule has 28 heavy (non-hydrogen) atoms. The lowest BCUT2D eigenvalue weighted by Crippen LogP contribution is -2.00. The average molecular weight is 377 g/mol. The second-order valence-corrected chi connectivity index (χ2v) is 6.58. The van der Waals surface area contributed by atoms with Gasteiger partial charge in [0.1, 0.15) is 6.33 Å². The average Bonchev–Trinajstić information content (AvgIpc) is 3.35. The molecule has 5 rings (SSSR count). The molecular formula is C17H15N9O2. The van der Waals surface area contributed by atoms with Gasteiger partial charge >= 0.3 is 0 Å². The number of nitroso groups, excluding NO2 is 1. The Morgan fingerprint density at radius 3 is 2.68 bits per heavy atom. The van der Waals surface area contributed by atoms with Gasteiger partial charge in [-0.2, -0.15) is 5.10 Å². The Bertz CT molecular complexity index is 1230. The fourth-order valence-corrected chi connectivity index (χ4v) is 3.03. The number of nitrogens with one attached hydrogen (secondary N) is 5. The van der Waals surface area contributed by atoms with Crippen molar-refractivity contribution in [3.63, 3.8) is 0 Å². The number of nitrogens with zero attached hydrogens (tertiary/aromatic N) is 4. The molecule has 140 valence electrons. The third kappa shape index (κ3) is 2.88. The zero-order chi connectivity index (χ0) is 19.1. The van der Waals surface area contributed by atoms with E-state index in [1.54, 1.807) is 18.2 Å². The predicted octanol–water partition coefficient (Wildman–Crippen LogP) is 3.13. The van der Waals surface area contributed by atoms with Gasteiger partial charge in [-0.05, 0) is 36.2 Å². The van der Waals surface area contributed by atoms with Crippen LogP contribution in [0.15, 0.2) is 40.6 Å². The normalized spacial score (nSPS) is 13.6. The Balaban J connectivity index is 1.44. The molecule has 11 heteroatoms. The predicted molar refractivity (Wildman–Crippen MR) is 104 cm³/mol. The summed E-state index contributed by atoms with van der Waals surface area (Å²) in [4.78, 5) is 31.3. The Kier molecular flexibility index (Phi) is 3.64. The second kappa shape index (κ2) is 6.30. The van der Waals surface area contributed by atoms with Crippen molar-refractivity contribution in [3.8, 4) is 0 Å². The topological polar surface area (TPSA) is 157 Å². The summed E-state index contributed by atoms with van der Waals surface area (Å²) in [6.45, 7) is 0. The maximum atomic E-state index is 11.6. The molecule has 0 aliphatic heterocycles. The van der Waals surface area contributed by atoms with E-state index in [-0.39, 0.29) is 22.9 Å². The molecule has 5 N–H and O–H groups in total. The lowest BCUT2D eigenvalue weighted by Gasteiger charge is -2.10. The molecule has 1 fully saturated rings. The monoisotopic (exact) mass is 377 g/mol. The van der Waals surface area contributed by atoms with Crippen molar-refractivity contribution in [2.45, 2.75) is 18.8 Å². The lowest BCUT2D eigenvalue weighted by atomic mass is 10.2. The molecule has 0 amide bonds. The van der Waals surface area contributed by atoms with E-state index in [0.717, 1.165) is 18.5 Å². The van der Waals surface area contributed by atoms with Crippen LogP contribution in [-0.4, -0.2) is 30.4 Å². The van der Waals surface area contributed by atoms with E-state index in [1.807, 2.05) is 6.07 Å². The van der Waals surface area contributed by atoms with Crippen molar-refractivity contribution in [3.05, 3.63) is 51.5 Å². The zero-order valence-corrected chi connectivity index (χ0v) is 14.5. The molecule has 1 aliphatic rings. The number of benzene rings is 1. The van der Waals surface area contributed by atoms with Crippen molar-refractivity contribution in [2.24, 2.45) is 5.18 Å². The summed E-state index contributed by atoms with van der Waals surface area (Å²) in [5, 5.41) is 22.1. The SMILES string of the molecule is O=Nc1c(Nc2ccc3c(=O)[nH][nH]c3c2)ncnc1Nc1cc(C2CC2)[nH]n1. The first-order valence-corrected chi connectivity index (χ1v) is 8.69. The van der Waals surface area contributed by atoms with Gasteiger partial charge in [0.25, 0.3) is 5.56 Å². The van der Waals surface area contributed by atoms with Crippen molar-refractivity contribution in [1.29, 1.82) is 0 Å². The molecule has 11 nitrogen and oxygen atoms in total. The molecule has 1 saturated carbocycles. The first-order chi connectivity index (χ1) is 13.7. The minimum atomic E-state index is -0.199. The summed E-state index contributed by atoms with van der Waals surface area (Å²) in [6, 6.07) is 7.01. The molecule has 0 saturated heterocycles. The summed E-state index contributed by atoms with van der Waals surface area (Å²) in [5.74, 6) is 1.58. The molecular weight excluding hydrogens is 362 g/mol. The Morgan fingerprint density at radius 2 is 1.89 bits per heavy atom. The summed E-state index contributed by atoms with van der Waals surface area (Å²) in [5.41, 5.74) is 2.15. The van der Waals surface area contributed by atoms with Crippen molar-refractivity contribution >= 4 is 39.7 Å². The van der Waals surface area contributed by atoms with E-state index < -0.39 is 0 Å². The highest BCUT2D eigenvalue weighted by Gasteiger charge is 2.25.